The molecule has 0 aliphatic heterocycles. The third-order valence-electron chi connectivity index (χ3n) is 9.02. The molecular weight excluding hydrogens is 518 g/mol. The maximum absolute atomic E-state index is 4.85. The predicted octanol–water partition coefficient (Wildman–Crippen LogP) is 11.5. The molecule has 43 heavy (non-hydrogen) atoms. The standard InChI is InChI=1S/C42H27N/c1-26-19-20-27-21-22-30(25-37(27)43-26)32-23-31-15-10-18-35-38(31)36(24-32)42-40(29-13-6-3-7-14-29)34-17-9-8-16-33(34)39(41(35)42)28-11-4-2-5-12-28/h2-25H,1H3. The number of nitrogens with zero attached hydrogens (tertiary/aromatic N) is 1. The van der Waals surface area contributed by atoms with Gasteiger partial charge in [-0.3, -0.25) is 4.98 Å². The molecule has 1 aliphatic rings. The van der Waals surface area contributed by atoms with Crippen molar-refractivity contribution in [3.8, 4) is 55.6 Å². The number of hydrogen-bond acceptors (Lipinski definition) is 1. The van der Waals surface area contributed by atoms with Gasteiger partial charge < -0.3 is 0 Å². The van der Waals surface area contributed by atoms with Crippen molar-refractivity contribution in [2.24, 2.45) is 0 Å². The van der Waals surface area contributed by atoms with Crippen molar-refractivity contribution in [2.75, 3.05) is 0 Å². The second-order valence-electron chi connectivity index (χ2n) is 11.6. The SMILES string of the molecule is Cc1ccc2ccc(-c3cc4c5c(cccc5c3)-c3c-4c(-c4ccccc4)c4ccccc4c3-c3ccccc3)cc2n1. The van der Waals surface area contributed by atoms with Gasteiger partial charge in [-0.15, -0.1) is 0 Å². The Labute approximate surface area is 250 Å². The average Bonchev–Trinajstić information content (AvgIpc) is 3.38. The zero-order valence-electron chi connectivity index (χ0n) is 23.8. The second-order valence-corrected chi connectivity index (χ2v) is 11.6. The summed E-state index contributed by atoms with van der Waals surface area (Å²) in [4.78, 5) is 4.85. The molecule has 0 atom stereocenters. The van der Waals surface area contributed by atoms with Gasteiger partial charge in [0, 0.05) is 11.1 Å². The van der Waals surface area contributed by atoms with Crippen LogP contribution in [0.2, 0.25) is 0 Å². The number of aryl methyl sites for hydroxylation is 1. The van der Waals surface area contributed by atoms with Gasteiger partial charge in [-0.1, -0.05) is 121 Å². The maximum atomic E-state index is 4.85. The van der Waals surface area contributed by atoms with Gasteiger partial charge in [0.15, 0.2) is 0 Å². The summed E-state index contributed by atoms with van der Waals surface area (Å²) in [7, 11) is 0. The number of aromatic nitrogens is 1. The van der Waals surface area contributed by atoms with Crippen molar-refractivity contribution in [1.29, 1.82) is 0 Å². The van der Waals surface area contributed by atoms with E-state index in [1.165, 1.54) is 77.2 Å². The highest BCUT2D eigenvalue weighted by atomic mass is 14.7. The zero-order chi connectivity index (χ0) is 28.5. The molecule has 1 aliphatic carbocycles. The van der Waals surface area contributed by atoms with Crippen LogP contribution in [-0.4, -0.2) is 4.98 Å². The lowest BCUT2D eigenvalue weighted by Crippen LogP contribution is -1.93. The van der Waals surface area contributed by atoms with E-state index in [0.29, 0.717) is 0 Å². The number of pyridine rings is 1. The first-order valence-electron chi connectivity index (χ1n) is 14.9. The zero-order valence-corrected chi connectivity index (χ0v) is 23.8. The molecule has 0 unspecified atom stereocenters. The first-order chi connectivity index (χ1) is 21.2. The molecule has 0 fully saturated rings. The highest BCUT2D eigenvalue weighted by molar-refractivity contribution is 6.28. The maximum Gasteiger partial charge on any atom is 0.0711 e. The molecule has 1 heterocycles. The Morgan fingerprint density at radius 2 is 1.02 bits per heavy atom. The van der Waals surface area contributed by atoms with Crippen LogP contribution < -0.4 is 0 Å². The first-order valence-corrected chi connectivity index (χ1v) is 14.9. The molecular formula is C42H27N. The van der Waals surface area contributed by atoms with Crippen molar-refractivity contribution < 1.29 is 0 Å². The van der Waals surface area contributed by atoms with E-state index < -0.39 is 0 Å². The summed E-state index contributed by atoms with van der Waals surface area (Å²) in [5, 5.41) is 6.33. The summed E-state index contributed by atoms with van der Waals surface area (Å²) in [5.74, 6) is 0. The molecule has 0 bridgehead atoms. The summed E-state index contributed by atoms with van der Waals surface area (Å²) in [6.45, 7) is 2.06. The van der Waals surface area contributed by atoms with Crippen LogP contribution in [0.15, 0.2) is 146 Å². The van der Waals surface area contributed by atoms with Gasteiger partial charge in [-0.2, -0.15) is 0 Å². The molecule has 200 valence electrons. The summed E-state index contributed by atoms with van der Waals surface area (Å²) < 4.78 is 0. The van der Waals surface area contributed by atoms with Gasteiger partial charge in [0.2, 0.25) is 0 Å². The molecule has 1 heteroatoms. The molecule has 8 aromatic rings. The summed E-state index contributed by atoms with van der Waals surface area (Å²) in [6.07, 6.45) is 0. The van der Waals surface area contributed by atoms with E-state index in [1.807, 2.05) is 0 Å². The van der Waals surface area contributed by atoms with Gasteiger partial charge in [0.1, 0.15) is 0 Å². The summed E-state index contributed by atoms with van der Waals surface area (Å²) in [5.41, 5.74) is 14.8. The highest BCUT2D eigenvalue weighted by Gasteiger charge is 2.30. The molecule has 0 amide bonds. The average molecular weight is 546 g/mol. The van der Waals surface area contributed by atoms with Crippen molar-refractivity contribution in [2.45, 2.75) is 6.92 Å². The van der Waals surface area contributed by atoms with Crippen LogP contribution in [0.25, 0.3) is 88.1 Å². The Hall–Kier alpha value is -5.53. The lowest BCUT2D eigenvalue weighted by molar-refractivity contribution is 1.26. The van der Waals surface area contributed by atoms with Crippen LogP contribution in [0.5, 0.6) is 0 Å². The van der Waals surface area contributed by atoms with E-state index in [9.17, 15) is 0 Å². The van der Waals surface area contributed by atoms with Crippen molar-refractivity contribution >= 4 is 32.4 Å². The van der Waals surface area contributed by atoms with E-state index >= 15 is 0 Å². The van der Waals surface area contributed by atoms with Crippen LogP contribution in [0.1, 0.15) is 5.69 Å². The predicted molar refractivity (Wildman–Crippen MR) is 182 cm³/mol. The Kier molecular flexibility index (Phi) is 5.18. The number of fused-ring (bicyclic) bond motifs is 5. The molecule has 0 saturated carbocycles. The van der Waals surface area contributed by atoms with Gasteiger partial charge in [0.25, 0.3) is 0 Å². The van der Waals surface area contributed by atoms with Crippen LogP contribution in [0, 0.1) is 6.92 Å². The topological polar surface area (TPSA) is 12.9 Å². The minimum absolute atomic E-state index is 1.03. The molecule has 0 radical (unpaired) electrons. The van der Waals surface area contributed by atoms with E-state index in [1.54, 1.807) is 0 Å². The normalized spacial score (nSPS) is 11.8. The number of rotatable bonds is 3. The quantitative estimate of drug-likeness (QED) is 0.215. The number of hydrogen-bond donors (Lipinski definition) is 0. The smallest absolute Gasteiger partial charge is 0.0711 e. The molecule has 9 rings (SSSR count). The second kappa shape index (κ2) is 9.24. The fourth-order valence-electron chi connectivity index (χ4n) is 7.19. The minimum atomic E-state index is 1.03. The van der Waals surface area contributed by atoms with Crippen LogP contribution in [0.4, 0.5) is 0 Å². The van der Waals surface area contributed by atoms with Gasteiger partial charge in [0.05, 0.1) is 5.52 Å². The first kappa shape index (κ1) is 24.1. The fourth-order valence-corrected chi connectivity index (χ4v) is 7.19. The van der Waals surface area contributed by atoms with E-state index in [-0.39, 0.29) is 0 Å². The Balaban J connectivity index is 1.44. The number of benzene rings is 7. The molecule has 0 N–H and O–H groups in total. The molecule has 1 aromatic heterocycles. The van der Waals surface area contributed by atoms with Crippen LogP contribution in [-0.2, 0) is 0 Å². The lowest BCUT2D eigenvalue weighted by atomic mass is 9.82. The van der Waals surface area contributed by atoms with Gasteiger partial charge in [-0.05, 0) is 108 Å². The third-order valence-corrected chi connectivity index (χ3v) is 9.02. The Morgan fingerprint density at radius 3 is 1.72 bits per heavy atom. The molecule has 7 aromatic carbocycles. The Morgan fingerprint density at radius 1 is 0.395 bits per heavy atom. The van der Waals surface area contributed by atoms with E-state index in [0.717, 1.165) is 16.6 Å². The van der Waals surface area contributed by atoms with E-state index in [4.69, 9.17) is 4.98 Å². The van der Waals surface area contributed by atoms with Crippen LogP contribution in [0.3, 0.4) is 0 Å². The summed E-state index contributed by atoms with van der Waals surface area (Å²) >= 11 is 0. The highest BCUT2D eigenvalue weighted by Crippen LogP contribution is 2.58. The molecule has 0 spiro atoms. The van der Waals surface area contributed by atoms with Crippen molar-refractivity contribution in [3.63, 3.8) is 0 Å². The van der Waals surface area contributed by atoms with Gasteiger partial charge >= 0.3 is 0 Å². The van der Waals surface area contributed by atoms with Crippen molar-refractivity contribution in [3.05, 3.63) is 151 Å². The van der Waals surface area contributed by atoms with E-state index in [2.05, 4.69) is 153 Å². The fraction of sp³-hybridized carbons (Fsp3) is 0.0238. The van der Waals surface area contributed by atoms with Crippen molar-refractivity contribution in [1.82, 2.24) is 4.98 Å². The monoisotopic (exact) mass is 545 g/mol. The largest absolute Gasteiger partial charge is 0.253 e. The lowest BCUT2D eigenvalue weighted by Gasteiger charge is -2.20. The molecule has 1 nitrogen and oxygen atoms in total. The van der Waals surface area contributed by atoms with Crippen LogP contribution >= 0.6 is 0 Å². The Bertz CT molecular complexity index is 2380. The summed E-state index contributed by atoms with van der Waals surface area (Å²) in [6, 6.07) is 53.3. The third kappa shape index (κ3) is 3.62. The molecule has 0 saturated heterocycles. The van der Waals surface area contributed by atoms with Gasteiger partial charge in [-0.25, -0.2) is 0 Å². The minimum Gasteiger partial charge on any atom is -0.253 e.